The number of nitro groups is 1. The predicted molar refractivity (Wildman–Crippen MR) is 76.1 cm³/mol. The van der Waals surface area contributed by atoms with Gasteiger partial charge < -0.3 is 0 Å². The zero-order valence-electron chi connectivity index (χ0n) is 9.54. The van der Waals surface area contributed by atoms with Crippen LogP contribution in [0.25, 0.3) is 0 Å². The van der Waals surface area contributed by atoms with Crippen LogP contribution < -0.4 is 0 Å². The molecule has 2 aromatic carbocycles. The molecule has 0 spiro atoms. The lowest BCUT2D eigenvalue weighted by Crippen LogP contribution is -1.91. The summed E-state index contributed by atoms with van der Waals surface area (Å²) >= 11 is 4.63. The van der Waals surface area contributed by atoms with Crippen LogP contribution in [-0.4, -0.2) is 4.92 Å². The van der Waals surface area contributed by atoms with Gasteiger partial charge in [-0.2, -0.15) is 5.26 Å². The van der Waals surface area contributed by atoms with Gasteiger partial charge in [0.15, 0.2) is 0 Å². The molecule has 0 aliphatic heterocycles. The molecule has 4 nitrogen and oxygen atoms in total. The molecule has 0 radical (unpaired) electrons. The number of rotatable bonds is 3. The molecule has 0 saturated carbocycles. The second-order valence-electron chi connectivity index (χ2n) is 3.61. The van der Waals surface area contributed by atoms with E-state index in [1.165, 1.54) is 17.8 Å². The summed E-state index contributed by atoms with van der Waals surface area (Å²) in [6, 6.07) is 13.9. The standard InChI is InChI=1S/C13H7BrN2O2S/c14-10-2-4-11(5-3-10)19-13-6-1-9(8-15)7-12(13)16(17)18/h1-7H. The number of hydrogen-bond donors (Lipinski definition) is 0. The Morgan fingerprint density at radius 2 is 1.89 bits per heavy atom. The molecule has 6 heteroatoms. The van der Waals surface area contributed by atoms with E-state index in [0.29, 0.717) is 4.90 Å². The molecule has 0 saturated heterocycles. The Morgan fingerprint density at radius 1 is 1.21 bits per heavy atom. The van der Waals surface area contributed by atoms with E-state index in [1.807, 2.05) is 30.3 Å². The van der Waals surface area contributed by atoms with E-state index in [1.54, 1.807) is 12.1 Å². The van der Waals surface area contributed by atoms with Crippen molar-refractivity contribution >= 4 is 33.4 Å². The summed E-state index contributed by atoms with van der Waals surface area (Å²) in [4.78, 5) is 12.0. The lowest BCUT2D eigenvalue weighted by molar-refractivity contribution is -0.387. The van der Waals surface area contributed by atoms with Crippen LogP contribution in [-0.2, 0) is 0 Å². The fourth-order valence-corrected chi connectivity index (χ4v) is 2.61. The van der Waals surface area contributed by atoms with Crippen molar-refractivity contribution in [1.29, 1.82) is 5.26 Å². The number of benzene rings is 2. The molecule has 0 aromatic heterocycles. The first-order chi connectivity index (χ1) is 9.10. The third kappa shape index (κ3) is 3.34. The minimum Gasteiger partial charge on any atom is -0.258 e. The normalized spacial score (nSPS) is 9.89. The summed E-state index contributed by atoms with van der Waals surface area (Å²) in [5.74, 6) is 0. The number of nitriles is 1. The maximum Gasteiger partial charge on any atom is 0.284 e. The Bertz CT molecular complexity index is 665. The van der Waals surface area contributed by atoms with E-state index in [-0.39, 0.29) is 11.3 Å². The largest absolute Gasteiger partial charge is 0.284 e. The SMILES string of the molecule is N#Cc1ccc(Sc2ccc(Br)cc2)c([N+](=O)[O-])c1. The number of nitro benzene ring substituents is 1. The first kappa shape index (κ1) is 13.6. The van der Waals surface area contributed by atoms with E-state index in [2.05, 4.69) is 15.9 Å². The molecule has 2 rings (SSSR count). The Labute approximate surface area is 122 Å². The lowest BCUT2D eigenvalue weighted by Gasteiger charge is -2.03. The second-order valence-corrected chi connectivity index (χ2v) is 5.64. The van der Waals surface area contributed by atoms with Gasteiger partial charge in [-0.25, -0.2) is 0 Å². The average molecular weight is 335 g/mol. The van der Waals surface area contributed by atoms with Crippen molar-refractivity contribution in [3.8, 4) is 6.07 Å². The summed E-state index contributed by atoms with van der Waals surface area (Å²) in [6.45, 7) is 0. The second kappa shape index (κ2) is 5.87. The molecule has 0 bridgehead atoms. The van der Waals surface area contributed by atoms with Crippen molar-refractivity contribution in [2.75, 3.05) is 0 Å². The molecule has 0 aliphatic rings. The molecule has 0 fully saturated rings. The highest BCUT2D eigenvalue weighted by Gasteiger charge is 2.15. The summed E-state index contributed by atoms with van der Waals surface area (Å²) < 4.78 is 0.950. The molecule has 0 atom stereocenters. The summed E-state index contributed by atoms with van der Waals surface area (Å²) in [6.07, 6.45) is 0. The summed E-state index contributed by atoms with van der Waals surface area (Å²) in [5, 5.41) is 19.8. The van der Waals surface area contributed by atoms with E-state index < -0.39 is 4.92 Å². The van der Waals surface area contributed by atoms with Crippen LogP contribution in [0.5, 0.6) is 0 Å². The van der Waals surface area contributed by atoms with Gasteiger partial charge in [0.1, 0.15) is 0 Å². The highest BCUT2D eigenvalue weighted by molar-refractivity contribution is 9.10. The van der Waals surface area contributed by atoms with Crippen LogP contribution in [0.2, 0.25) is 0 Å². The third-order valence-corrected chi connectivity index (χ3v) is 3.93. The van der Waals surface area contributed by atoms with Crippen LogP contribution in [0.1, 0.15) is 5.56 Å². The van der Waals surface area contributed by atoms with Crippen molar-refractivity contribution in [3.63, 3.8) is 0 Å². The van der Waals surface area contributed by atoms with Crippen molar-refractivity contribution < 1.29 is 4.92 Å². The molecular formula is C13H7BrN2O2S. The number of halogens is 1. The zero-order chi connectivity index (χ0) is 13.8. The van der Waals surface area contributed by atoms with Gasteiger partial charge in [-0.3, -0.25) is 10.1 Å². The van der Waals surface area contributed by atoms with Gasteiger partial charge >= 0.3 is 0 Å². The van der Waals surface area contributed by atoms with Gasteiger partial charge in [0.05, 0.1) is 21.5 Å². The van der Waals surface area contributed by atoms with Crippen LogP contribution in [0.4, 0.5) is 5.69 Å². The highest BCUT2D eigenvalue weighted by atomic mass is 79.9. The van der Waals surface area contributed by atoms with Gasteiger partial charge in [-0.15, -0.1) is 0 Å². The summed E-state index contributed by atoms with van der Waals surface area (Å²) in [7, 11) is 0. The van der Waals surface area contributed by atoms with E-state index in [0.717, 1.165) is 9.37 Å². The van der Waals surface area contributed by atoms with Gasteiger partial charge in [0.2, 0.25) is 0 Å². The van der Waals surface area contributed by atoms with Crippen molar-refractivity contribution in [2.45, 2.75) is 9.79 Å². The topological polar surface area (TPSA) is 66.9 Å². The minimum absolute atomic E-state index is 0.0491. The van der Waals surface area contributed by atoms with Crippen molar-refractivity contribution in [1.82, 2.24) is 0 Å². The molecule has 0 aliphatic carbocycles. The third-order valence-electron chi connectivity index (χ3n) is 2.33. The van der Waals surface area contributed by atoms with Gasteiger partial charge in [-0.1, -0.05) is 27.7 Å². The van der Waals surface area contributed by atoms with Crippen LogP contribution in [0.15, 0.2) is 56.7 Å². The van der Waals surface area contributed by atoms with Crippen molar-refractivity contribution in [2.24, 2.45) is 0 Å². The van der Waals surface area contributed by atoms with Crippen LogP contribution in [0.3, 0.4) is 0 Å². The van der Waals surface area contributed by atoms with E-state index in [4.69, 9.17) is 5.26 Å². The van der Waals surface area contributed by atoms with E-state index in [9.17, 15) is 10.1 Å². The lowest BCUT2D eigenvalue weighted by atomic mass is 10.2. The Balaban J connectivity index is 2.37. The predicted octanol–water partition coefficient (Wildman–Crippen LogP) is 4.38. The van der Waals surface area contributed by atoms with Crippen LogP contribution in [0, 0.1) is 21.4 Å². The molecule has 19 heavy (non-hydrogen) atoms. The summed E-state index contributed by atoms with van der Waals surface area (Å²) in [5.41, 5.74) is 0.235. The Morgan fingerprint density at radius 3 is 2.47 bits per heavy atom. The Kier molecular flexibility index (Phi) is 4.20. The molecule has 0 amide bonds. The first-order valence-corrected chi connectivity index (χ1v) is 6.83. The molecule has 0 N–H and O–H groups in total. The molecule has 2 aromatic rings. The minimum atomic E-state index is -0.470. The molecular weight excluding hydrogens is 328 g/mol. The van der Waals surface area contributed by atoms with Crippen molar-refractivity contribution in [3.05, 3.63) is 62.6 Å². The number of hydrogen-bond acceptors (Lipinski definition) is 4. The fourth-order valence-electron chi connectivity index (χ4n) is 1.45. The average Bonchev–Trinajstić information content (AvgIpc) is 2.41. The first-order valence-electron chi connectivity index (χ1n) is 5.22. The number of nitrogens with zero attached hydrogens (tertiary/aromatic N) is 2. The van der Waals surface area contributed by atoms with Gasteiger partial charge in [-0.05, 0) is 36.4 Å². The monoisotopic (exact) mass is 334 g/mol. The van der Waals surface area contributed by atoms with E-state index >= 15 is 0 Å². The molecule has 94 valence electrons. The Hall–Kier alpha value is -1.84. The maximum absolute atomic E-state index is 11.0. The quantitative estimate of drug-likeness (QED) is 0.617. The fraction of sp³-hybridized carbons (Fsp3) is 0. The van der Waals surface area contributed by atoms with Crippen LogP contribution >= 0.6 is 27.7 Å². The molecule has 0 heterocycles. The van der Waals surface area contributed by atoms with Gasteiger partial charge in [0.25, 0.3) is 5.69 Å². The zero-order valence-corrected chi connectivity index (χ0v) is 11.9. The van der Waals surface area contributed by atoms with Gasteiger partial charge in [0, 0.05) is 15.4 Å². The molecule has 0 unspecified atom stereocenters. The smallest absolute Gasteiger partial charge is 0.258 e. The maximum atomic E-state index is 11.0. The highest BCUT2D eigenvalue weighted by Crippen LogP contribution is 2.35.